The average Bonchev–Trinajstić information content (AvgIpc) is 2.64. The molecule has 1 aromatic rings. The van der Waals surface area contributed by atoms with Crippen molar-refractivity contribution in [2.75, 3.05) is 6.54 Å². The minimum Gasteiger partial charge on any atom is -0.393 e. The molecule has 2 atom stereocenters. The van der Waals surface area contributed by atoms with Gasteiger partial charge in [0, 0.05) is 12.6 Å². The van der Waals surface area contributed by atoms with Gasteiger partial charge in [-0.05, 0) is 44.7 Å². The summed E-state index contributed by atoms with van der Waals surface area (Å²) in [6.07, 6.45) is 3.82. The molecule has 1 aromatic carbocycles. The van der Waals surface area contributed by atoms with Gasteiger partial charge >= 0.3 is 0 Å². The number of hydrogen-bond acceptors (Lipinski definition) is 3. The molecule has 2 rings (SSSR count). The van der Waals surface area contributed by atoms with E-state index in [1.165, 1.54) is 0 Å². The lowest BCUT2D eigenvalue weighted by molar-refractivity contribution is 0.147. The summed E-state index contributed by atoms with van der Waals surface area (Å²) < 4.78 is 27.6. The maximum atomic E-state index is 13.0. The van der Waals surface area contributed by atoms with Gasteiger partial charge < -0.3 is 5.11 Å². The molecule has 1 N–H and O–H groups in total. The van der Waals surface area contributed by atoms with Crippen molar-refractivity contribution >= 4 is 10.0 Å². The Morgan fingerprint density at radius 1 is 1.29 bits per heavy atom. The van der Waals surface area contributed by atoms with Gasteiger partial charge in [-0.2, -0.15) is 4.31 Å². The number of aliphatic hydroxyl groups is 1. The van der Waals surface area contributed by atoms with E-state index in [9.17, 15) is 13.5 Å². The molecule has 1 aliphatic rings. The van der Waals surface area contributed by atoms with E-state index in [4.69, 9.17) is 0 Å². The summed E-state index contributed by atoms with van der Waals surface area (Å²) in [5.74, 6) is 0. The second-order valence-electron chi connectivity index (χ2n) is 5.97. The summed E-state index contributed by atoms with van der Waals surface area (Å²) in [5, 5.41) is 9.68. The third-order valence-electron chi connectivity index (χ3n) is 4.12. The van der Waals surface area contributed by atoms with Crippen LogP contribution in [0.5, 0.6) is 0 Å². The molecule has 1 aliphatic heterocycles. The van der Waals surface area contributed by atoms with Gasteiger partial charge in [-0.3, -0.25) is 0 Å². The van der Waals surface area contributed by atoms with Gasteiger partial charge in [-0.15, -0.1) is 0 Å². The van der Waals surface area contributed by atoms with Gasteiger partial charge in [0.15, 0.2) is 0 Å². The fourth-order valence-corrected chi connectivity index (χ4v) is 5.00. The third kappa shape index (κ3) is 3.84. The van der Waals surface area contributed by atoms with E-state index >= 15 is 0 Å². The molecule has 21 heavy (non-hydrogen) atoms. The first-order valence-electron chi connectivity index (χ1n) is 7.68. The number of hydrogen-bond donors (Lipinski definition) is 1. The molecule has 1 heterocycles. The van der Waals surface area contributed by atoms with Crippen molar-refractivity contribution in [3.05, 3.63) is 29.8 Å². The van der Waals surface area contributed by atoms with E-state index in [0.717, 1.165) is 31.2 Å². The Hall–Kier alpha value is -0.910. The number of aliphatic hydroxyl groups excluding tert-OH is 1. The van der Waals surface area contributed by atoms with E-state index in [2.05, 4.69) is 0 Å². The summed E-state index contributed by atoms with van der Waals surface area (Å²) in [6.45, 7) is 4.10. The van der Waals surface area contributed by atoms with Gasteiger partial charge in [-0.1, -0.05) is 31.0 Å². The highest BCUT2D eigenvalue weighted by molar-refractivity contribution is 7.89. The molecular formula is C16H25NO3S. The third-order valence-corrected chi connectivity index (χ3v) is 6.23. The van der Waals surface area contributed by atoms with Gasteiger partial charge in [0.2, 0.25) is 10.0 Å². The lowest BCUT2D eigenvalue weighted by Crippen LogP contribution is -2.41. The highest BCUT2D eigenvalue weighted by Gasteiger charge is 2.33. The van der Waals surface area contributed by atoms with Crippen molar-refractivity contribution in [3.63, 3.8) is 0 Å². The standard InChI is InChI=1S/C16H25NO3S/c1-13-8-5-6-10-16(13)21(19,20)17-11-7-3-4-9-15(17)12-14(2)18/h5-6,8,10,14-15,18H,3-4,7,9,11-12H2,1-2H3. The van der Waals surface area contributed by atoms with Crippen LogP contribution in [-0.4, -0.2) is 36.5 Å². The van der Waals surface area contributed by atoms with Crippen LogP contribution in [0.3, 0.4) is 0 Å². The van der Waals surface area contributed by atoms with Crippen LogP contribution in [0.1, 0.15) is 44.6 Å². The number of aryl methyl sites for hydroxylation is 1. The first-order chi connectivity index (χ1) is 9.93. The Kier molecular flexibility index (Phi) is 5.41. The second kappa shape index (κ2) is 6.90. The second-order valence-corrected chi connectivity index (χ2v) is 7.83. The zero-order valence-corrected chi connectivity index (χ0v) is 13.6. The Bertz CT molecular complexity index is 569. The van der Waals surface area contributed by atoms with Crippen LogP contribution < -0.4 is 0 Å². The van der Waals surface area contributed by atoms with E-state index < -0.39 is 16.1 Å². The Morgan fingerprint density at radius 2 is 2.00 bits per heavy atom. The van der Waals surface area contributed by atoms with Crippen molar-refractivity contribution in [3.8, 4) is 0 Å². The molecule has 1 saturated heterocycles. The summed E-state index contributed by atoms with van der Waals surface area (Å²) in [6, 6.07) is 7.02. The molecule has 1 fully saturated rings. The van der Waals surface area contributed by atoms with Gasteiger partial charge in [0.25, 0.3) is 0 Å². The van der Waals surface area contributed by atoms with E-state index in [1.54, 1.807) is 23.4 Å². The molecule has 4 nitrogen and oxygen atoms in total. The summed E-state index contributed by atoms with van der Waals surface area (Å²) >= 11 is 0. The summed E-state index contributed by atoms with van der Waals surface area (Å²) in [5.41, 5.74) is 0.776. The minimum absolute atomic E-state index is 0.0999. The van der Waals surface area contributed by atoms with E-state index in [1.807, 2.05) is 19.1 Å². The van der Waals surface area contributed by atoms with Crippen LogP contribution in [0.25, 0.3) is 0 Å². The van der Waals surface area contributed by atoms with Gasteiger partial charge in [-0.25, -0.2) is 8.42 Å². The maximum absolute atomic E-state index is 13.0. The van der Waals surface area contributed by atoms with Crippen molar-refractivity contribution < 1.29 is 13.5 Å². The maximum Gasteiger partial charge on any atom is 0.243 e. The fraction of sp³-hybridized carbons (Fsp3) is 0.625. The quantitative estimate of drug-likeness (QED) is 0.930. The zero-order chi connectivity index (χ0) is 15.5. The van der Waals surface area contributed by atoms with Crippen molar-refractivity contribution in [1.29, 1.82) is 0 Å². The Morgan fingerprint density at radius 3 is 2.67 bits per heavy atom. The molecule has 0 aliphatic carbocycles. The molecule has 5 heteroatoms. The molecule has 0 amide bonds. The predicted octanol–water partition coefficient (Wildman–Crippen LogP) is 2.70. The molecule has 2 unspecified atom stereocenters. The largest absolute Gasteiger partial charge is 0.393 e. The van der Waals surface area contributed by atoms with Crippen molar-refractivity contribution in [2.24, 2.45) is 0 Å². The van der Waals surface area contributed by atoms with Crippen LogP contribution >= 0.6 is 0 Å². The highest BCUT2D eigenvalue weighted by atomic mass is 32.2. The van der Waals surface area contributed by atoms with Crippen LogP contribution in [0.4, 0.5) is 0 Å². The Balaban J connectivity index is 2.36. The van der Waals surface area contributed by atoms with Gasteiger partial charge in [0.05, 0.1) is 11.0 Å². The molecule has 0 aromatic heterocycles. The number of nitrogens with zero attached hydrogens (tertiary/aromatic N) is 1. The highest BCUT2D eigenvalue weighted by Crippen LogP contribution is 2.28. The lowest BCUT2D eigenvalue weighted by Gasteiger charge is -2.30. The minimum atomic E-state index is -3.49. The van der Waals surface area contributed by atoms with E-state index in [-0.39, 0.29) is 6.04 Å². The monoisotopic (exact) mass is 311 g/mol. The van der Waals surface area contributed by atoms with Crippen LogP contribution in [0.2, 0.25) is 0 Å². The number of sulfonamides is 1. The first kappa shape index (κ1) is 16.5. The van der Waals surface area contributed by atoms with Crippen molar-refractivity contribution in [2.45, 2.75) is 63.0 Å². The topological polar surface area (TPSA) is 57.6 Å². The summed E-state index contributed by atoms with van der Waals surface area (Å²) in [4.78, 5) is 0.391. The molecule has 0 bridgehead atoms. The molecule has 0 radical (unpaired) electrons. The molecule has 0 saturated carbocycles. The zero-order valence-electron chi connectivity index (χ0n) is 12.8. The normalized spacial score (nSPS) is 22.7. The first-order valence-corrected chi connectivity index (χ1v) is 9.12. The Labute approximate surface area is 127 Å². The van der Waals surface area contributed by atoms with E-state index in [0.29, 0.717) is 17.9 Å². The number of rotatable bonds is 4. The predicted molar refractivity (Wildman–Crippen MR) is 83.6 cm³/mol. The molecule has 118 valence electrons. The van der Waals surface area contributed by atoms with Crippen molar-refractivity contribution in [1.82, 2.24) is 4.31 Å². The smallest absolute Gasteiger partial charge is 0.243 e. The number of benzene rings is 1. The lowest BCUT2D eigenvalue weighted by atomic mass is 10.1. The SMILES string of the molecule is Cc1ccccc1S(=O)(=O)N1CCCCCC1CC(C)O. The van der Waals surface area contributed by atoms with Crippen LogP contribution in [0, 0.1) is 6.92 Å². The van der Waals surface area contributed by atoms with Crippen LogP contribution in [-0.2, 0) is 10.0 Å². The van der Waals surface area contributed by atoms with Crippen LogP contribution in [0.15, 0.2) is 29.2 Å². The van der Waals surface area contributed by atoms with Gasteiger partial charge in [0.1, 0.15) is 0 Å². The molecular weight excluding hydrogens is 286 g/mol. The summed E-state index contributed by atoms with van der Waals surface area (Å²) in [7, 11) is -3.49. The average molecular weight is 311 g/mol. The fourth-order valence-electron chi connectivity index (χ4n) is 3.07. The molecule has 0 spiro atoms.